The van der Waals surface area contributed by atoms with Crippen LogP contribution in [0.2, 0.25) is 0 Å². The molecule has 1 heterocycles. The van der Waals surface area contributed by atoms with Crippen molar-refractivity contribution in [1.82, 2.24) is 9.80 Å². The van der Waals surface area contributed by atoms with Crippen molar-refractivity contribution in [1.29, 1.82) is 0 Å². The van der Waals surface area contributed by atoms with Crippen LogP contribution < -0.4 is 10.1 Å². The van der Waals surface area contributed by atoms with Gasteiger partial charge in [0.2, 0.25) is 0 Å². The Morgan fingerprint density at radius 3 is 2.10 bits per heavy atom. The van der Waals surface area contributed by atoms with Gasteiger partial charge >= 0.3 is 6.03 Å². The number of methoxy groups -OCH3 is 1. The van der Waals surface area contributed by atoms with Crippen LogP contribution in [-0.4, -0.2) is 49.1 Å². The molecule has 0 aliphatic carbocycles. The van der Waals surface area contributed by atoms with Gasteiger partial charge in [0.1, 0.15) is 5.75 Å². The minimum absolute atomic E-state index is 0.0517. The summed E-state index contributed by atoms with van der Waals surface area (Å²) in [5.41, 5.74) is 3.43. The lowest BCUT2D eigenvalue weighted by Gasteiger charge is -2.39. The van der Waals surface area contributed by atoms with Crippen molar-refractivity contribution in [3.8, 4) is 5.75 Å². The molecule has 1 N–H and O–H groups in total. The van der Waals surface area contributed by atoms with Gasteiger partial charge in [0.05, 0.1) is 7.11 Å². The molecule has 160 valence electrons. The second-order valence-corrected chi connectivity index (χ2v) is 7.80. The molecule has 1 aliphatic heterocycles. The average Bonchev–Trinajstić information content (AvgIpc) is 2.84. The third kappa shape index (κ3) is 5.44. The number of nitrogens with one attached hydrogen (secondary N) is 1. The fourth-order valence-electron chi connectivity index (χ4n) is 4.08. The molecule has 5 heteroatoms. The van der Waals surface area contributed by atoms with E-state index < -0.39 is 0 Å². The molecule has 5 nitrogen and oxygen atoms in total. The van der Waals surface area contributed by atoms with Gasteiger partial charge in [-0.25, -0.2) is 4.79 Å². The van der Waals surface area contributed by atoms with Crippen LogP contribution in [-0.2, 0) is 6.42 Å². The highest BCUT2D eigenvalue weighted by Gasteiger charge is 2.27. The van der Waals surface area contributed by atoms with Gasteiger partial charge in [0.25, 0.3) is 0 Å². The SMILES string of the molecule is COc1ccc(NC(=O)N2CCN([C@@H](Cc3ccccc3)c3ccccc3)CC2)cc1. The lowest BCUT2D eigenvalue weighted by molar-refractivity contribution is 0.112. The van der Waals surface area contributed by atoms with Crippen molar-refractivity contribution >= 4 is 11.7 Å². The zero-order valence-corrected chi connectivity index (χ0v) is 17.9. The number of nitrogens with zero attached hydrogens (tertiary/aromatic N) is 2. The van der Waals surface area contributed by atoms with E-state index in [0.717, 1.165) is 30.9 Å². The first kappa shape index (κ1) is 20.9. The molecule has 2 amide bonds. The maximum Gasteiger partial charge on any atom is 0.321 e. The van der Waals surface area contributed by atoms with E-state index in [2.05, 4.69) is 70.9 Å². The summed E-state index contributed by atoms with van der Waals surface area (Å²) in [5, 5.41) is 2.99. The summed E-state index contributed by atoms with van der Waals surface area (Å²) < 4.78 is 5.18. The summed E-state index contributed by atoms with van der Waals surface area (Å²) in [6.45, 7) is 3.12. The highest BCUT2D eigenvalue weighted by molar-refractivity contribution is 5.89. The summed E-state index contributed by atoms with van der Waals surface area (Å²) in [5.74, 6) is 0.775. The number of carbonyl (C=O) groups is 1. The van der Waals surface area contributed by atoms with Crippen LogP contribution in [0.15, 0.2) is 84.9 Å². The van der Waals surface area contributed by atoms with E-state index in [1.165, 1.54) is 11.1 Å². The van der Waals surface area contributed by atoms with Crippen LogP contribution in [0.4, 0.5) is 10.5 Å². The van der Waals surface area contributed by atoms with Crippen LogP contribution >= 0.6 is 0 Å². The van der Waals surface area contributed by atoms with Gasteiger partial charge in [0, 0.05) is 37.9 Å². The fourth-order valence-corrected chi connectivity index (χ4v) is 4.08. The van der Waals surface area contributed by atoms with Crippen LogP contribution in [0.3, 0.4) is 0 Å². The normalized spacial score (nSPS) is 15.3. The monoisotopic (exact) mass is 415 g/mol. The Hall–Kier alpha value is -3.31. The second-order valence-electron chi connectivity index (χ2n) is 7.80. The number of benzene rings is 3. The van der Waals surface area contributed by atoms with Gasteiger partial charge < -0.3 is 15.0 Å². The maximum atomic E-state index is 12.7. The zero-order chi connectivity index (χ0) is 21.5. The first-order chi connectivity index (χ1) is 15.2. The minimum atomic E-state index is -0.0517. The molecule has 1 fully saturated rings. The summed E-state index contributed by atoms with van der Waals surface area (Å²) in [7, 11) is 1.63. The Bertz CT molecular complexity index is 953. The number of carbonyl (C=O) groups excluding carboxylic acids is 1. The lowest BCUT2D eigenvalue weighted by Crippen LogP contribution is -2.51. The predicted octanol–water partition coefficient (Wildman–Crippen LogP) is 4.83. The minimum Gasteiger partial charge on any atom is -0.497 e. The molecule has 31 heavy (non-hydrogen) atoms. The highest BCUT2D eigenvalue weighted by atomic mass is 16.5. The first-order valence-corrected chi connectivity index (χ1v) is 10.8. The summed E-state index contributed by atoms with van der Waals surface area (Å²) in [6, 6.07) is 29.0. The Morgan fingerprint density at radius 1 is 0.871 bits per heavy atom. The molecule has 3 aromatic rings. The maximum absolute atomic E-state index is 12.7. The summed E-state index contributed by atoms with van der Waals surface area (Å²) >= 11 is 0. The lowest BCUT2D eigenvalue weighted by atomic mass is 9.96. The molecule has 0 aromatic heterocycles. The highest BCUT2D eigenvalue weighted by Crippen LogP contribution is 2.26. The Morgan fingerprint density at radius 2 is 1.48 bits per heavy atom. The number of ether oxygens (including phenoxy) is 1. The van der Waals surface area contributed by atoms with Crippen molar-refractivity contribution in [2.24, 2.45) is 0 Å². The van der Waals surface area contributed by atoms with Crippen LogP contribution in [0.1, 0.15) is 17.2 Å². The van der Waals surface area contributed by atoms with Gasteiger partial charge in [-0.15, -0.1) is 0 Å². The Kier molecular flexibility index (Phi) is 6.85. The van der Waals surface area contributed by atoms with E-state index >= 15 is 0 Å². The molecule has 0 unspecified atom stereocenters. The van der Waals surface area contributed by atoms with E-state index in [4.69, 9.17) is 4.74 Å². The molecule has 4 rings (SSSR count). The number of anilines is 1. The Balaban J connectivity index is 1.39. The quantitative estimate of drug-likeness (QED) is 0.627. The van der Waals surface area contributed by atoms with E-state index in [9.17, 15) is 4.79 Å². The first-order valence-electron chi connectivity index (χ1n) is 10.8. The van der Waals surface area contributed by atoms with Gasteiger partial charge in [-0.05, 0) is 41.8 Å². The molecule has 0 radical (unpaired) electrons. The topological polar surface area (TPSA) is 44.8 Å². The molecule has 0 bridgehead atoms. The largest absolute Gasteiger partial charge is 0.497 e. The molecule has 3 aromatic carbocycles. The van der Waals surface area contributed by atoms with Crippen molar-refractivity contribution < 1.29 is 9.53 Å². The number of amides is 2. The molecular formula is C26H29N3O2. The summed E-state index contributed by atoms with van der Waals surface area (Å²) in [4.78, 5) is 17.1. The van der Waals surface area contributed by atoms with E-state index in [0.29, 0.717) is 19.1 Å². The van der Waals surface area contributed by atoms with Gasteiger partial charge in [-0.1, -0.05) is 60.7 Å². The van der Waals surface area contributed by atoms with Crippen molar-refractivity contribution in [2.75, 3.05) is 38.6 Å². The molecule has 1 atom stereocenters. The third-order valence-corrected chi connectivity index (χ3v) is 5.84. The fraction of sp³-hybridized carbons (Fsp3) is 0.269. The third-order valence-electron chi connectivity index (χ3n) is 5.84. The second kappa shape index (κ2) is 10.1. The van der Waals surface area contributed by atoms with E-state index in [1.807, 2.05) is 29.2 Å². The molecule has 0 spiro atoms. The number of urea groups is 1. The smallest absolute Gasteiger partial charge is 0.321 e. The van der Waals surface area contributed by atoms with Gasteiger partial charge in [-0.2, -0.15) is 0 Å². The van der Waals surface area contributed by atoms with E-state index in [1.54, 1.807) is 7.11 Å². The zero-order valence-electron chi connectivity index (χ0n) is 17.9. The van der Waals surface area contributed by atoms with Crippen LogP contribution in [0.25, 0.3) is 0 Å². The number of rotatable bonds is 6. The van der Waals surface area contributed by atoms with E-state index in [-0.39, 0.29) is 6.03 Å². The van der Waals surface area contributed by atoms with Crippen molar-refractivity contribution in [3.63, 3.8) is 0 Å². The molecular weight excluding hydrogens is 386 g/mol. The predicted molar refractivity (Wildman–Crippen MR) is 124 cm³/mol. The molecule has 1 aliphatic rings. The number of hydrogen-bond donors (Lipinski definition) is 1. The average molecular weight is 416 g/mol. The number of piperazine rings is 1. The van der Waals surface area contributed by atoms with Crippen molar-refractivity contribution in [2.45, 2.75) is 12.5 Å². The number of hydrogen-bond acceptors (Lipinski definition) is 3. The molecule has 1 saturated heterocycles. The van der Waals surface area contributed by atoms with Crippen LogP contribution in [0, 0.1) is 0 Å². The molecule has 0 saturated carbocycles. The summed E-state index contributed by atoms with van der Waals surface area (Å²) in [6.07, 6.45) is 0.961. The van der Waals surface area contributed by atoms with Crippen LogP contribution in [0.5, 0.6) is 5.75 Å². The Labute approximate surface area is 184 Å². The van der Waals surface area contributed by atoms with Crippen molar-refractivity contribution in [3.05, 3.63) is 96.1 Å². The standard InChI is InChI=1S/C26H29N3O2/c1-31-24-14-12-23(13-15-24)27-26(30)29-18-16-28(17-19-29)25(22-10-6-3-7-11-22)20-21-8-4-2-5-9-21/h2-15,25H,16-20H2,1H3,(H,27,30)/t25-/m0/s1. The van der Waals surface area contributed by atoms with Gasteiger partial charge in [-0.3, -0.25) is 4.90 Å². The van der Waals surface area contributed by atoms with Gasteiger partial charge in [0.15, 0.2) is 0 Å².